The summed E-state index contributed by atoms with van der Waals surface area (Å²) in [6.45, 7) is 3.15. The van der Waals surface area contributed by atoms with Gasteiger partial charge in [0.2, 0.25) is 0 Å². The Morgan fingerprint density at radius 3 is 2.69 bits per heavy atom. The molecule has 13 heavy (non-hydrogen) atoms. The zero-order chi connectivity index (χ0) is 8.67. The molecule has 0 aromatic heterocycles. The topological polar surface area (TPSA) is 28.1 Å². The second-order valence-electron chi connectivity index (χ2n) is 4.15. The van der Waals surface area contributed by atoms with E-state index in [-0.39, 0.29) is 0 Å². The molecule has 72 valence electrons. The summed E-state index contributed by atoms with van der Waals surface area (Å²) in [6.07, 6.45) is 6.12. The first-order valence-electron chi connectivity index (χ1n) is 5.08. The van der Waals surface area contributed by atoms with Crippen molar-refractivity contribution >= 4 is 6.40 Å². The van der Waals surface area contributed by atoms with Crippen LogP contribution in [-0.4, -0.2) is 42.3 Å². The largest absolute Gasteiger partial charge is 0.459 e. The fourth-order valence-electron chi connectivity index (χ4n) is 2.64. The normalized spacial score (nSPS) is 42.5. The molecule has 4 heterocycles. The molecule has 4 aliphatic rings. The summed E-state index contributed by atoms with van der Waals surface area (Å²) >= 11 is 0. The van der Waals surface area contributed by atoms with E-state index in [1.807, 2.05) is 0 Å². The molecule has 0 N–H and O–H groups in total. The summed E-state index contributed by atoms with van der Waals surface area (Å²) in [5.74, 6) is 0.936. The maximum absolute atomic E-state index is 5.13. The number of hydrogen-bond donors (Lipinski definition) is 0. The van der Waals surface area contributed by atoms with E-state index < -0.39 is 0 Å². The number of hydrazone groups is 1. The van der Waals surface area contributed by atoms with E-state index in [1.54, 1.807) is 6.40 Å². The first kappa shape index (κ1) is 7.62. The highest BCUT2D eigenvalue weighted by Gasteiger charge is 2.37. The van der Waals surface area contributed by atoms with Gasteiger partial charge in [-0.25, -0.2) is 5.01 Å². The van der Waals surface area contributed by atoms with Crippen LogP contribution in [0.25, 0.3) is 0 Å². The van der Waals surface area contributed by atoms with E-state index in [0.717, 1.165) is 5.92 Å². The summed E-state index contributed by atoms with van der Waals surface area (Å²) in [6, 6.07) is 0. The Hall–Kier alpha value is -0.770. The van der Waals surface area contributed by atoms with Crippen LogP contribution in [0.2, 0.25) is 0 Å². The van der Waals surface area contributed by atoms with Gasteiger partial charge >= 0.3 is 0 Å². The minimum absolute atomic E-state index is 0.520. The summed E-state index contributed by atoms with van der Waals surface area (Å²) in [4.78, 5) is 2.53. The van der Waals surface area contributed by atoms with Crippen LogP contribution in [0.4, 0.5) is 0 Å². The van der Waals surface area contributed by atoms with Crippen LogP contribution in [0.3, 0.4) is 0 Å². The van der Waals surface area contributed by atoms with Crippen molar-refractivity contribution in [3.63, 3.8) is 0 Å². The van der Waals surface area contributed by atoms with Gasteiger partial charge in [0.15, 0.2) is 13.1 Å². The quantitative estimate of drug-likeness (QED) is 0.595. The third kappa shape index (κ3) is 1.20. The number of hydrogen-bond acceptors (Lipinski definition) is 4. The molecule has 2 bridgehead atoms. The van der Waals surface area contributed by atoms with Crippen molar-refractivity contribution in [3.8, 4) is 0 Å². The van der Waals surface area contributed by atoms with Crippen LogP contribution in [0.5, 0.6) is 0 Å². The van der Waals surface area contributed by atoms with Crippen molar-refractivity contribution in [1.82, 2.24) is 9.91 Å². The number of ether oxygens (including phenoxy) is 1. The second-order valence-corrected chi connectivity index (χ2v) is 4.15. The highest BCUT2D eigenvalue weighted by molar-refractivity contribution is 5.47. The van der Waals surface area contributed by atoms with Crippen LogP contribution in [0, 0.1) is 5.92 Å². The van der Waals surface area contributed by atoms with E-state index in [4.69, 9.17) is 4.74 Å². The van der Waals surface area contributed by atoms with Crippen molar-refractivity contribution in [2.45, 2.75) is 25.4 Å². The SMILES string of the molecule is C1=NN(C2CC3CCN2CC3)CO1. The van der Waals surface area contributed by atoms with Crippen LogP contribution in [-0.2, 0) is 4.74 Å². The first-order valence-corrected chi connectivity index (χ1v) is 5.08. The third-order valence-corrected chi connectivity index (χ3v) is 3.44. The highest BCUT2D eigenvalue weighted by Crippen LogP contribution is 2.33. The maximum Gasteiger partial charge on any atom is 0.195 e. The average molecular weight is 181 g/mol. The smallest absolute Gasteiger partial charge is 0.195 e. The predicted octanol–water partition coefficient (Wildman–Crippen LogP) is 0.661. The molecule has 0 aromatic rings. The van der Waals surface area contributed by atoms with Gasteiger partial charge in [0.05, 0.1) is 0 Å². The van der Waals surface area contributed by atoms with Gasteiger partial charge in [0.1, 0.15) is 6.17 Å². The standard InChI is InChI=1S/C9H15N3O/c1-3-11-4-2-8(1)5-9(11)12-7-13-6-10-12/h6,8-9H,1-5,7H2. The number of nitrogens with zero attached hydrogens (tertiary/aromatic N) is 3. The van der Waals surface area contributed by atoms with Crippen molar-refractivity contribution in [3.05, 3.63) is 0 Å². The lowest BCUT2D eigenvalue weighted by atomic mass is 9.86. The van der Waals surface area contributed by atoms with E-state index >= 15 is 0 Å². The van der Waals surface area contributed by atoms with Gasteiger partial charge in [-0.05, 0) is 25.2 Å². The Morgan fingerprint density at radius 2 is 2.15 bits per heavy atom. The molecule has 3 fully saturated rings. The molecule has 0 spiro atoms. The van der Waals surface area contributed by atoms with Gasteiger partial charge in [0.25, 0.3) is 0 Å². The molecule has 1 unspecified atom stereocenters. The highest BCUT2D eigenvalue weighted by atomic mass is 16.5. The summed E-state index contributed by atoms with van der Waals surface area (Å²) in [5, 5.41) is 6.30. The molecule has 0 aromatic carbocycles. The Bertz CT molecular complexity index is 223. The minimum atomic E-state index is 0.520. The van der Waals surface area contributed by atoms with Crippen LogP contribution < -0.4 is 0 Å². The fourth-order valence-corrected chi connectivity index (χ4v) is 2.64. The lowest BCUT2D eigenvalue weighted by Crippen LogP contribution is -2.54. The molecule has 1 atom stereocenters. The molecule has 0 aliphatic carbocycles. The van der Waals surface area contributed by atoms with Crippen LogP contribution in [0.15, 0.2) is 5.10 Å². The minimum Gasteiger partial charge on any atom is -0.459 e. The van der Waals surface area contributed by atoms with E-state index in [1.165, 1.54) is 32.4 Å². The molecular weight excluding hydrogens is 166 g/mol. The van der Waals surface area contributed by atoms with Crippen LogP contribution >= 0.6 is 0 Å². The molecule has 4 heteroatoms. The second kappa shape index (κ2) is 2.87. The Balaban J connectivity index is 1.73. The third-order valence-electron chi connectivity index (χ3n) is 3.44. The van der Waals surface area contributed by atoms with E-state index in [2.05, 4.69) is 15.0 Å². The van der Waals surface area contributed by atoms with Crippen molar-refractivity contribution in [1.29, 1.82) is 0 Å². The molecule has 4 nitrogen and oxygen atoms in total. The van der Waals surface area contributed by atoms with E-state index in [9.17, 15) is 0 Å². The molecular formula is C9H15N3O. The Labute approximate surface area is 78.1 Å². The summed E-state index contributed by atoms with van der Waals surface area (Å²) in [5.41, 5.74) is 0. The van der Waals surface area contributed by atoms with Crippen molar-refractivity contribution < 1.29 is 4.74 Å². The van der Waals surface area contributed by atoms with Gasteiger partial charge in [-0.1, -0.05) is 0 Å². The molecule has 0 amide bonds. The molecule has 4 rings (SSSR count). The maximum atomic E-state index is 5.13. The van der Waals surface area contributed by atoms with Gasteiger partial charge in [0, 0.05) is 13.1 Å². The first-order chi connectivity index (χ1) is 6.43. The summed E-state index contributed by atoms with van der Waals surface area (Å²) in [7, 11) is 0. The summed E-state index contributed by atoms with van der Waals surface area (Å²) < 4.78 is 5.13. The fraction of sp³-hybridized carbons (Fsp3) is 0.889. The molecule has 0 saturated carbocycles. The van der Waals surface area contributed by atoms with Crippen molar-refractivity contribution in [2.24, 2.45) is 11.0 Å². The molecule has 3 saturated heterocycles. The Kier molecular flexibility index (Phi) is 1.68. The van der Waals surface area contributed by atoms with Crippen molar-refractivity contribution in [2.75, 3.05) is 19.8 Å². The van der Waals surface area contributed by atoms with E-state index in [0.29, 0.717) is 12.9 Å². The lowest BCUT2D eigenvalue weighted by Gasteiger charge is -2.47. The van der Waals surface area contributed by atoms with Gasteiger partial charge in [-0.2, -0.15) is 0 Å². The average Bonchev–Trinajstić information content (AvgIpc) is 2.72. The lowest BCUT2D eigenvalue weighted by molar-refractivity contribution is -0.0571. The zero-order valence-electron chi connectivity index (χ0n) is 7.72. The monoisotopic (exact) mass is 181 g/mol. The zero-order valence-corrected chi connectivity index (χ0v) is 7.72. The predicted molar refractivity (Wildman–Crippen MR) is 49.0 cm³/mol. The van der Waals surface area contributed by atoms with Crippen LogP contribution in [0.1, 0.15) is 19.3 Å². The van der Waals surface area contributed by atoms with Gasteiger partial charge in [-0.15, -0.1) is 5.10 Å². The van der Waals surface area contributed by atoms with Gasteiger partial charge < -0.3 is 4.74 Å². The molecule has 0 radical (unpaired) electrons. The Morgan fingerprint density at radius 1 is 1.31 bits per heavy atom. The number of fused-ring (bicyclic) bond motifs is 3. The van der Waals surface area contributed by atoms with Gasteiger partial charge in [-0.3, -0.25) is 4.90 Å². The molecule has 4 aliphatic heterocycles. The number of rotatable bonds is 1. The number of piperidine rings is 3.